The molecule has 1 aliphatic carbocycles. The Morgan fingerprint density at radius 2 is 1.77 bits per heavy atom. The van der Waals surface area contributed by atoms with Crippen molar-refractivity contribution < 1.29 is 19.1 Å². The highest BCUT2D eigenvalue weighted by atomic mass is 32.2. The third-order valence-corrected chi connectivity index (χ3v) is 6.61. The second-order valence-electron chi connectivity index (χ2n) is 7.17. The molecule has 1 atom stereocenters. The van der Waals surface area contributed by atoms with Crippen LogP contribution in [0, 0.1) is 5.41 Å². The Morgan fingerprint density at radius 1 is 1.15 bits per heavy atom. The first kappa shape index (κ1) is 20.9. The summed E-state index contributed by atoms with van der Waals surface area (Å²) in [6, 6.07) is 0.0823. The number of allylic oxidation sites excluding steroid dienone is 2. The Morgan fingerprint density at radius 3 is 2.27 bits per heavy atom. The molecule has 146 valence electrons. The zero-order chi connectivity index (χ0) is 19.3. The number of carbonyl (C=O) groups excluding carboxylic acids is 2. The minimum Gasteiger partial charge on any atom is -0.500 e. The van der Waals surface area contributed by atoms with Crippen molar-refractivity contribution in [3.8, 4) is 0 Å². The molecule has 2 aliphatic rings. The summed E-state index contributed by atoms with van der Waals surface area (Å²) in [5.74, 6) is 1.91. The number of unbranched alkanes of at least 4 members (excludes halogenated alkanes) is 3. The predicted octanol–water partition coefficient (Wildman–Crippen LogP) is 3.55. The van der Waals surface area contributed by atoms with Gasteiger partial charge in [-0.3, -0.25) is 9.59 Å². The van der Waals surface area contributed by atoms with Crippen molar-refractivity contribution in [3.63, 3.8) is 0 Å². The molecule has 0 N–H and O–H groups in total. The minimum atomic E-state index is -0.728. The van der Waals surface area contributed by atoms with Gasteiger partial charge >= 0.3 is 0 Å². The van der Waals surface area contributed by atoms with E-state index in [1.54, 1.807) is 26.0 Å². The first-order valence-corrected chi connectivity index (χ1v) is 10.5. The molecule has 0 radical (unpaired) electrons. The van der Waals surface area contributed by atoms with E-state index in [1.807, 2.05) is 18.7 Å². The SMILES string of the molecule is CCCCCCSC1C(=O)N(C(C)C)CC12C(OC)=CC(=O)C=C2OC. The van der Waals surface area contributed by atoms with Crippen LogP contribution in [0.15, 0.2) is 23.7 Å². The highest BCUT2D eigenvalue weighted by molar-refractivity contribution is 8.00. The van der Waals surface area contributed by atoms with E-state index in [-0.39, 0.29) is 23.0 Å². The summed E-state index contributed by atoms with van der Waals surface area (Å²) < 4.78 is 11.2. The number of nitrogens with zero attached hydrogens (tertiary/aromatic N) is 1. The largest absolute Gasteiger partial charge is 0.500 e. The molecule has 1 spiro atoms. The average Bonchev–Trinajstić information content (AvgIpc) is 2.90. The fourth-order valence-corrected chi connectivity index (χ4v) is 5.22. The number of likely N-dealkylation sites (tertiary alicyclic amines) is 1. The number of ketones is 1. The Labute approximate surface area is 161 Å². The highest BCUT2D eigenvalue weighted by Crippen LogP contribution is 2.52. The molecule has 0 aromatic rings. The van der Waals surface area contributed by atoms with Crippen LogP contribution >= 0.6 is 11.8 Å². The van der Waals surface area contributed by atoms with Crippen LogP contribution in [-0.2, 0) is 19.1 Å². The Hall–Kier alpha value is -1.43. The van der Waals surface area contributed by atoms with E-state index < -0.39 is 5.41 Å². The topological polar surface area (TPSA) is 55.8 Å². The number of carbonyl (C=O) groups is 2. The second-order valence-corrected chi connectivity index (χ2v) is 8.38. The Balaban J connectivity index is 2.36. The third kappa shape index (κ3) is 3.80. The first-order valence-electron chi connectivity index (χ1n) is 9.40. The van der Waals surface area contributed by atoms with Gasteiger partial charge in [-0.1, -0.05) is 26.2 Å². The lowest BCUT2D eigenvalue weighted by Crippen LogP contribution is -2.41. The van der Waals surface area contributed by atoms with E-state index in [0.29, 0.717) is 18.1 Å². The minimum absolute atomic E-state index is 0.0823. The molecule has 0 saturated carbocycles. The highest BCUT2D eigenvalue weighted by Gasteiger charge is 2.60. The maximum absolute atomic E-state index is 13.2. The van der Waals surface area contributed by atoms with Crippen LogP contribution in [-0.4, -0.2) is 54.4 Å². The lowest BCUT2D eigenvalue weighted by molar-refractivity contribution is -0.128. The molecule has 1 unspecified atom stereocenters. The van der Waals surface area contributed by atoms with Crippen molar-refractivity contribution in [1.29, 1.82) is 0 Å². The Bertz CT molecular complexity index is 573. The van der Waals surface area contributed by atoms with Crippen molar-refractivity contribution in [2.45, 2.75) is 57.7 Å². The molecule has 6 heteroatoms. The van der Waals surface area contributed by atoms with E-state index >= 15 is 0 Å². The summed E-state index contributed by atoms with van der Waals surface area (Å²) in [5, 5.41) is -0.336. The van der Waals surface area contributed by atoms with E-state index in [0.717, 1.165) is 12.2 Å². The first-order chi connectivity index (χ1) is 12.4. The molecule has 1 saturated heterocycles. The second kappa shape index (κ2) is 8.98. The van der Waals surface area contributed by atoms with Gasteiger partial charge in [0.1, 0.15) is 22.2 Å². The smallest absolute Gasteiger partial charge is 0.237 e. The van der Waals surface area contributed by atoms with E-state index in [2.05, 4.69) is 6.92 Å². The van der Waals surface area contributed by atoms with Crippen LogP contribution < -0.4 is 0 Å². The van der Waals surface area contributed by atoms with Gasteiger partial charge in [-0.2, -0.15) is 0 Å². The van der Waals surface area contributed by atoms with Gasteiger partial charge in [0, 0.05) is 24.7 Å². The van der Waals surface area contributed by atoms with Crippen molar-refractivity contribution in [2.24, 2.45) is 5.41 Å². The lowest BCUT2D eigenvalue weighted by Gasteiger charge is -2.37. The number of methoxy groups -OCH3 is 2. The van der Waals surface area contributed by atoms with Crippen molar-refractivity contribution in [3.05, 3.63) is 23.7 Å². The maximum atomic E-state index is 13.2. The zero-order valence-electron chi connectivity index (χ0n) is 16.5. The van der Waals surface area contributed by atoms with E-state index in [1.165, 1.54) is 31.4 Å². The van der Waals surface area contributed by atoms with Gasteiger partial charge in [0.15, 0.2) is 5.78 Å². The van der Waals surface area contributed by atoms with Gasteiger partial charge in [0.2, 0.25) is 5.91 Å². The van der Waals surface area contributed by atoms with Gasteiger partial charge in [0.25, 0.3) is 0 Å². The molecule has 1 fully saturated rings. The van der Waals surface area contributed by atoms with Gasteiger partial charge in [0.05, 0.1) is 14.2 Å². The average molecular weight is 382 g/mol. The van der Waals surface area contributed by atoms with Crippen LogP contribution in [0.1, 0.15) is 46.5 Å². The molecule has 1 amide bonds. The summed E-state index contributed by atoms with van der Waals surface area (Å²) in [5.41, 5.74) is -0.728. The van der Waals surface area contributed by atoms with E-state index in [4.69, 9.17) is 9.47 Å². The van der Waals surface area contributed by atoms with Gasteiger partial charge < -0.3 is 14.4 Å². The van der Waals surface area contributed by atoms with Crippen molar-refractivity contribution in [2.75, 3.05) is 26.5 Å². The molecular formula is C20H31NO4S. The number of thioether (sulfide) groups is 1. The van der Waals surface area contributed by atoms with Gasteiger partial charge in [-0.05, 0) is 26.0 Å². The molecular weight excluding hydrogens is 350 g/mol. The van der Waals surface area contributed by atoms with E-state index in [9.17, 15) is 9.59 Å². The van der Waals surface area contributed by atoms with Crippen LogP contribution in [0.25, 0.3) is 0 Å². The van der Waals surface area contributed by atoms with Gasteiger partial charge in [-0.15, -0.1) is 11.8 Å². The number of hydrogen-bond acceptors (Lipinski definition) is 5. The summed E-state index contributed by atoms with van der Waals surface area (Å²) in [6.45, 7) is 6.69. The molecule has 26 heavy (non-hydrogen) atoms. The summed E-state index contributed by atoms with van der Waals surface area (Å²) in [4.78, 5) is 27.1. The normalized spacial score (nSPS) is 22.1. The summed E-state index contributed by atoms with van der Waals surface area (Å²) in [6.07, 6.45) is 7.66. The molecule has 1 aliphatic heterocycles. The van der Waals surface area contributed by atoms with Crippen LogP contribution in [0.3, 0.4) is 0 Å². The lowest BCUT2D eigenvalue weighted by atomic mass is 9.78. The fraction of sp³-hybridized carbons (Fsp3) is 0.700. The molecule has 5 nitrogen and oxygen atoms in total. The standard InChI is InChI=1S/C20H31NO4S/c1-6-7-8-9-10-26-18-19(23)21(14(2)3)13-20(18)16(24-4)11-15(22)12-17(20)25-5/h11-12,14,18H,6-10,13H2,1-5H3. The summed E-state index contributed by atoms with van der Waals surface area (Å²) >= 11 is 1.66. The summed E-state index contributed by atoms with van der Waals surface area (Å²) in [7, 11) is 3.12. The number of rotatable bonds is 9. The van der Waals surface area contributed by atoms with Crippen LogP contribution in [0.4, 0.5) is 0 Å². The van der Waals surface area contributed by atoms with Crippen LogP contribution in [0.5, 0.6) is 0 Å². The third-order valence-electron chi connectivity index (χ3n) is 5.15. The monoisotopic (exact) mass is 381 g/mol. The van der Waals surface area contributed by atoms with Crippen molar-refractivity contribution in [1.82, 2.24) is 4.90 Å². The number of amides is 1. The zero-order valence-corrected chi connectivity index (χ0v) is 17.4. The molecule has 1 heterocycles. The Kier molecular flexibility index (Phi) is 7.21. The van der Waals surface area contributed by atoms with Crippen LogP contribution in [0.2, 0.25) is 0 Å². The number of ether oxygens (including phenoxy) is 2. The fourth-order valence-electron chi connectivity index (χ4n) is 3.75. The maximum Gasteiger partial charge on any atom is 0.237 e. The van der Waals surface area contributed by atoms with Crippen molar-refractivity contribution >= 4 is 23.5 Å². The number of hydrogen-bond donors (Lipinski definition) is 0. The molecule has 2 rings (SSSR count). The molecule has 0 aromatic heterocycles. The molecule has 0 aromatic carbocycles. The van der Waals surface area contributed by atoms with Gasteiger partial charge in [-0.25, -0.2) is 0 Å². The molecule has 0 bridgehead atoms. The quantitative estimate of drug-likeness (QED) is 0.572. The predicted molar refractivity (Wildman–Crippen MR) is 105 cm³/mol.